The van der Waals surface area contributed by atoms with Crippen LogP contribution in [0.5, 0.6) is 6.01 Å². The molecular weight excluding hydrogens is 589 g/mol. The number of aryl methyl sites for hydroxylation is 1. The van der Waals surface area contributed by atoms with E-state index in [1.165, 1.54) is 18.2 Å². The van der Waals surface area contributed by atoms with Crippen molar-refractivity contribution in [2.75, 3.05) is 51.7 Å². The first-order valence-electron chi connectivity index (χ1n) is 16.5. The van der Waals surface area contributed by atoms with Crippen LogP contribution in [0.2, 0.25) is 0 Å². The van der Waals surface area contributed by atoms with E-state index >= 15 is 0 Å². The zero-order valence-electron chi connectivity index (χ0n) is 27.4. The average Bonchev–Trinajstić information content (AvgIpc) is 3.64. The second-order valence-electron chi connectivity index (χ2n) is 12.7. The predicted octanol–water partition coefficient (Wildman–Crippen LogP) is 3.56. The van der Waals surface area contributed by atoms with E-state index < -0.39 is 6.73 Å². The molecule has 2 aromatic heterocycles. The number of aliphatic hydroxyl groups is 1. The number of aromatic nitrogens is 4. The number of rotatable bonds is 13. The van der Waals surface area contributed by atoms with E-state index in [1.807, 2.05) is 20.0 Å². The third-order valence-electron chi connectivity index (χ3n) is 9.84. The van der Waals surface area contributed by atoms with Gasteiger partial charge in [0, 0.05) is 41.3 Å². The van der Waals surface area contributed by atoms with Crippen LogP contribution in [0.4, 0.5) is 10.2 Å². The van der Waals surface area contributed by atoms with Gasteiger partial charge in [0.2, 0.25) is 5.88 Å². The number of anilines is 1. The Hall–Kier alpha value is -3.61. The highest BCUT2D eigenvalue weighted by molar-refractivity contribution is 6.12. The minimum atomic E-state index is -0.392. The first kappa shape index (κ1) is 32.3. The third-order valence-corrected chi connectivity index (χ3v) is 9.84. The highest BCUT2D eigenvalue weighted by Crippen LogP contribution is 2.46. The minimum Gasteiger partial charge on any atom is -0.480 e. The van der Waals surface area contributed by atoms with E-state index in [2.05, 4.69) is 33.5 Å². The molecular formula is C34H46FN7O4. The summed E-state index contributed by atoms with van der Waals surface area (Å²) >= 11 is 0. The summed E-state index contributed by atoms with van der Waals surface area (Å²) in [6.07, 6.45) is 9.96. The van der Waals surface area contributed by atoms with Crippen LogP contribution in [-0.4, -0.2) is 83.8 Å². The molecule has 0 radical (unpaired) electrons. The second-order valence-corrected chi connectivity index (χ2v) is 12.7. The largest absolute Gasteiger partial charge is 0.480 e. The van der Waals surface area contributed by atoms with Gasteiger partial charge in [-0.05, 0) is 89.0 Å². The molecule has 3 fully saturated rings. The lowest BCUT2D eigenvalue weighted by Gasteiger charge is -2.39. The number of ether oxygens (including phenoxy) is 3. The van der Waals surface area contributed by atoms with Gasteiger partial charge in [-0.25, -0.2) is 9.38 Å². The number of H-pyrrole nitrogens is 1. The molecule has 11 nitrogen and oxygen atoms in total. The lowest BCUT2D eigenvalue weighted by atomic mass is 9.76. The molecule has 3 heterocycles. The van der Waals surface area contributed by atoms with Gasteiger partial charge in [-0.3, -0.25) is 5.10 Å². The molecule has 2 atom stereocenters. The van der Waals surface area contributed by atoms with Crippen LogP contribution in [-0.2, 0) is 9.47 Å². The molecule has 2 aliphatic carbocycles. The Morgan fingerprint density at radius 3 is 2.80 bits per heavy atom. The molecule has 248 valence electrons. The Morgan fingerprint density at radius 2 is 2.07 bits per heavy atom. The Labute approximate surface area is 269 Å². The molecule has 1 saturated heterocycles. The number of benzene rings is 1. The monoisotopic (exact) mass is 635 g/mol. The van der Waals surface area contributed by atoms with Gasteiger partial charge in [0.15, 0.2) is 5.82 Å². The highest BCUT2D eigenvalue weighted by Gasteiger charge is 2.45. The number of aromatic amines is 1. The van der Waals surface area contributed by atoms with Gasteiger partial charge >= 0.3 is 6.01 Å². The van der Waals surface area contributed by atoms with Crippen molar-refractivity contribution < 1.29 is 23.7 Å². The first-order valence-corrected chi connectivity index (χ1v) is 16.5. The molecule has 12 heteroatoms. The normalized spacial score (nSPS) is 22.7. The maximum absolute atomic E-state index is 14.9. The molecule has 0 amide bonds. The van der Waals surface area contributed by atoms with Crippen LogP contribution in [0.25, 0.3) is 23.1 Å². The van der Waals surface area contributed by atoms with E-state index in [9.17, 15) is 9.50 Å². The summed E-state index contributed by atoms with van der Waals surface area (Å²) < 4.78 is 32.6. The van der Waals surface area contributed by atoms with Gasteiger partial charge in [0.25, 0.3) is 0 Å². The van der Waals surface area contributed by atoms with Crippen molar-refractivity contribution in [3.63, 3.8) is 0 Å². The number of fused-ring (bicyclic) bond motifs is 2. The van der Waals surface area contributed by atoms with Gasteiger partial charge in [0.05, 0.1) is 32.0 Å². The summed E-state index contributed by atoms with van der Waals surface area (Å²) in [5, 5.41) is 22.7. The zero-order chi connectivity index (χ0) is 32.3. The summed E-state index contributed by atoms with van der Waals surface area (Å²) in [6.45, 7) is 8.16. The fourth-order valence-electron chi connectivity index (χ4n) is 7.45. The Morgan fingerprint density at radius 1 is 1.24 bits per heavy atom. The second kappa shape index (κ2) is 14.0. The van der Waals surface area contributed by atoms with E-state index in [4.69, 9.17) is 24.2 Å². The Bertz CT molecular complexity index is 1710. The van der Waals surface area contributed by atoms with Crippen LogP contribution < -0.4 is 25.5 Å². The molecule has 0 spiro atoms. The van der Waals surface area contributed by atoms with Crippen molar-refractivity contribution in [3.05, 3.63) is 39.5 Å². The lowest BCUT2D eigenvalue weighted by Crippen LogP contribution is -2.49. The van der Waals surface area contributed by atoms with Crippen molar-refractivity contribution in [3.8, 4) is 6.01 Å². The quantitative estimate of drug-likeness (QED) is 0.147. The standard InChI is InChI=1S/C34H46FN7O4/c1-5-45-15-14-42(20-43)31-30(26(17-35)39-33(40-31)46-19-34-11-6-8-27(34)36-13-7-12-34)32(44-4)38-22(3)29-24-18-37-41-25(24)16-21(2)28(29)23-9-10-23/h16-18,23,27,36,43H,5-15,19-20H2,1-4H3,(H,37,41)/b26-17-,32-30-,38-22+. The molecule has 3 aliphatic rings. The third kappa shape index (κ3) is 6.34. The van der Waals surface area contributed by atoms with Gasteiger partial charge < -0.3 is 29.5 Å². The maximum atomic E-state index is 14.9. The fraction of sp³-hybridized carbons (Fsp3) is 0.588. The number of hydrogen-bond donors (Lipinski definition) is 3. The van der Waals surface area contributed by atoms with E-state index in [0.717, 1.165) is 68.0 Å². The van der Waals surface area contributed by atoms with Gasteiger partial charge in [0.1, 0.15) is 23.6 Å². The number of aliphatic imine (C=N–C) groups is 1. The number of nitrogens with one attached hydrogen (secondary N) is 2. The van der Waals surface area contributed by atoms with Gasteiger partial charge in [-0.2, -0.15) is 15.1 Å². The molecule has 3 N–H and O–H groups in total. The molecule has 0 bridgehead atoms. The van der Waals surface area contributed by atoms with Crippen molar-refractivity contribution in [1.82, 2.24) is 25.5 Å². The average molecular weight is 636 g/mol. The minimum absolute atomic E-state index is 0.00237. The maximum Gasteiger partial charge on any atom is 0.319 e. The topological polar surface area (TPSA) is 130 Å². The summed E-state index contributed by atoms with van der Waals surface area (Å²) in [5.41, 5.74) is 5.04. The SMILES string of the molecule is CCOCCN(CO)c1nc(OCC23CCCNC2CCC3)nc(=C\F)/c1=C(\N=C(/C)c1c(C2CC2)c(C)cc2[nH]ncc12)OC. The van der Waals surface area contributed by atoms with E-state index in [-0.39, 0.29) is 33.7 Å². The summed E-state index contributed by atoms with van der Waals surface area (Å²) in [6, 6.07) is 2.57. The van der Waals surface area contributed by atoms with Gasteiger partial charge in [-0.1, -0.05) is 6.42 Å². The number of hydrogen-bond acceptors (Lipinski definition) is 10. The molecule has 46 heavy (non-hydrogen) atoms. The van der Waals surface area contributed by atoms with Crippen molar-refractivity contribution in [2.45, 2.75) is 77.7 Å². The van der Waals surface area contributed by atoms with Gasteiger partial charge in [-0.15, -0.1) is 0 Å². The Kier molecular flexibility index (Phi) is 9.86. The molecule has 2 saturated carbocycles. The smallest absolute Gasteiger partial charge is 0.319 e. The van der Waals surface area contributed by atoms with Crippen LogP contribution >= 0.6 is 0 Å². The predicted molar refractivity (Wildman–Crippen MR) is 176 cm³/mol. The summed E-state index contributed by atoms with van der Waals surface area (Å²) in [5.74, 6) is 0.841. The Balaban J connectivity index is 1.48. The number of halogens is 1. The number of methoxy groups -OCH3 is 1. The fourth-order valence-corrected chi connectivity index (χ4v) is 7.45. The van der Waals surface area contributed by atoms with Crippen LogP contribution in [0.1, 0.15) is 81.4 Å². The van der Waals surface area contributed by atoms with Crippen LogP contribution in [0, 0.1) is 12.3 Å². The molecule has 3 aromatic rings. The van der Waals surface area contributed by atoms with Crippen molar-refractivity contribution >= 4 is 34.6 Å². The van der Waals surface area contributed by atoms with Crippen LogP contribution in [0.15, 0.2) is 17.3 Å². The van der Waals surface area contributed by atoms with Crippen molar-refractivity contribution in [1.29, 1.82) is 0 Å². The highest BCUT2D eigenvalue weighted by atomic mass is 19.1. The zero-order valence-corrected chi connectivity index (χ0v) is 27.4. The first-order chi connectivity index (χ1) is 22.4. The molecule has 6 rings (SSSR count). The summed E-state index contributed by atoms with van der Waals surface area (Å²) in [4.78, 5) is 15.9. The van der Waals surface area contributed by atoms with Crippen molar-refractivity contribution in [2.24, 2.45) is 10.4 Å². The summed E-state index contributed by atoms with van der Waals surface area (Å²) in [7, 11) is 1.49. The van der Waals surface area contributed by atoms with E-state index in [1.54, 1.807) is 4.90 Å². The number of piperidine rings is 1. The number of aliphatic hydroxyl groups excluding tert-OH is 1. The molecule has 1 aliphatic heterocycles. The lowest BCUT2D eigenvalue weighted by molar-refractivity contribution is 0.0794. The molecule has 1 aromatic carbocycles. The van der Waals surface area contributed by atoms with Crippen LogP contribution in [0.3, 0.4) is 0 Å². The van der Waals surface area contributed by atoms with E-state index in [0.29, 0.717) is 50.4 Å². The number of nitrogens with zero attached hydrogens (tertiary/aromatic N) is 5. The molecule has 2 unspecified atom stereocenters.